The highest BCUT2D eigenvalue weighted by Crippen LogP contribution is 2.17. The zero-order valence-electron chi connectivity index (χ0n) is 11.9. The van der Waals surface area contributed by atoms with E-state index < -0.39 is 4.92 Å². The third-order valence-electron chi connectivity index (χ3n) is 3.29. The van der Waals surface area contributed by atoms with Crippen LogP contribution in [0.1, 0.15) is 5.56 Å². The van der Waals surface area contributed by atoms with Crippen LogP contribution < -0.4 is 0 Å². The molecule has 1 heterocycles. The zero-order chi connectivity index (χ0) is 15.9. The molecule has 0 atom stereocenters. The smallest absolute Gasteiger partial charge is 0.342 e. The second-order valence-corrected chi connectivity index (χ2v) is 5.96. The van der Waals surface area contributed by atoms with Crippen LogP contribution in [0.5, 0.6) is 0 Å². The molecular weight excluding hydrogens is 372 g/mol. The molecule has 2 aromatic rings. The van der Waals surface area contributed by atoms with E-state index in [0.29, 0.717) is 19.6 Å². The van der Waals surface area contributed by atoms with Crippen molar-refractivity contribution in [2.75, 3.05) is 18.4 Å². The Hall–Kier alpha value is -1.44. The van der Waals surface area contributed by atoms with Gasteiger partial charge in [0.1, 0.15) is 12.7 Å². The topological polar surface area (TPSA) is 64.2 Å². The van der Waals surface area contributed by atoms with Gasteiger partial charge in [0.2, 0.25) is 0 Å². The predicted octanol–water partition coefficient (Wildman–Crippen LogP) is 3.34. The van der Waals surface area contributed by atoms with Crippen molar-refractivity contribution in [3.63, 3.8) is 0 Å². The highest BCUT2D eigenvalue weighted by molar-refractivity contribution is 9.09. The molecule has 0 fully saturated rings. The average molecular weight is 388 g/mol. The van der Waals surface area contributed by atoms with Gasteiger partial charge in [-0.25, -0.2) is 9.55 Å². The summed E-state index contributed by atoms with van der Waals surface area (Å²) in [7, 11) is 0. The molecule has 0 unspecified atom stereocenters. The van der Waals surface area contributed by atoms with E-state index in [1.807, 2.05) is 24.3 Å². The Kier molecular flexibility index (Phi) is 6.35. The van der Waals surface area contributed by atoms with Crippen molar-refractivity contribution < 1.29 is 4.92 Å². The van der Waals surface area contributed by atoms with Gasteiger partial charge in [0.05, 0.1) is 0 Å². The molecule has 0 bridgehead atoms. The molecule has 2 rings (SSSR count). The van der Waals surface area contributed by atoms with Gasteiger partial charge in [0.15, 0.2) is 6.33 Å². The Morgan fingerprint density at radius 3 is 2.82 bits per heavy atom. The van der Waals surface area contributed by atoms with Crippen LogP contribution >= 0.6 is 27.5 Å². The van der Waals surface area contributed by atoms with Crippen LogP contribution in [0, 0.1) is 10.1 Å². The van der Waals surface area contributed by atoms with Crippen LogP contribution in [0.2, 0.25) is 5.02 Å². The largest absolute Gasteiger partial charge is 0.358 e. The van der Waals surface area contributed by atoms with Crippen LogP contribution in [0.4, 0.5) is 5.82 Å². The van der Waals surface area contributed by atoms with Crippen LogP contribution in [-0.2, 0) is 13.1 Å². The van der Waals surface area contributed by atoms with Gasteiger partial charge in [0.25, 0.3) is 0 Å². The van der Waals surface area contributed by atoms with Gasteiger partial charge in [-0.3, -0.25) is 4.90 Å². The van der Waals surface area contributed by atoms with Gasteiger partial charge >= 0.3 is 5.82 Å². The number of nitro groups is 1. The number of rotatable bonds is 8. The van der Waals surface area contributed by atoms with E-state index in [1.165, 1.54) is 12.5 Å². The Labute approximate surface area is 142 Å². The van der Waals surface area contributed by atoms with Crippen LogP contribution in [-0.4, -0.2) is 37.8 Å². The lowest BCUT2D eigenvalue weighted by Crippen LogP contribution is -2.29. The fourth-order valence-corrected chi connectivity index (χ4v) is 2.84. The van der Waals surface area contributed by atoms with E-state index in [4.69, 9.17) is 11.6 Å². The first-order valence-corrected chi connectivity index (χ1v) is 8.28. The summed E-state index contributed by atoms with van der Waals surface area (Å²) in [6.07, 6.45) is 2.75. The van der Waals surface area contributed by atoms with Gasteiger partial charge in [-0.05, 0) is 16.6 Å². The van der Waals surface area contributed by atoms with Crippen LogP contribution in [0.3, 0.4) is 0 Å². The van der Waals surface area contributed by atoms with E-state index in [-0.39, 0.29) is 5.82 Å². The number of alkyl halides is 1. The minimum atomic E-state index is -0.421. The standard InChI is InChI=1S/C14H16BrClN4O2/c15-5-6-18(10-12-3-1-2-4-13(12)16)7-8-19-11-17-9-14(19)20(21)22/h1-4,9,11H,5-8,10H2. The van der Waals surface area contributed by atoms with E-state index in [1.54, 1.807) is 4.57 Å². The van der Waals surface area contributed by atoms with Gasteiger partial charge in [0, 0.05) is 30.0 Å². The molecule has 0 aliphatic carbocycles. The monoisotopic (exact) mass is 386 g/mol. The number of nitrogens with zero attached hydrogens (tertiary/aromatic N) is 4. The van der Waals surface area contributed by atoms with Crippen molar-refractivity contribution >= 4 is 33.3 Å². The minimum Gasteiger partial charge on any atom is -0.358 e. The minimum absolute atomic E-state index is 0.0107. The maximum atomic E-state index is 10.9. The molecule has 1 aromatic heterocycles. The Balaban J connectivity index is 2.01. The molecule has 8 heteroatoms. The van der Waals surface area contributed by atoms with E-state index in [0.717, 1.165) is 22.5 Å². The highest BCUT2D eigenvalue weighted by Gasteiger charge is 2.15. The lowest BCUT2D eigenvalue weighted by molar-refractivity contribution is -0.392. The Bertz CT molecular complexity index is 635. The first kappa shape index (κ1) is 16.9. The number of hydrogen-bond acceptors (Lipinski definition) is 4. The van der Waals surface area contributed by atoms with Crippen molar-refractivity contribution in [3.8, 4) is 0 Å². The van der Waals surface area contributed by atoms with Crippen molar-refractivity contribution in [1.29, 1.82) is 0 Å². The lowest BCUT2D eigenvalue weighted by atomic mass is 10.2. The fourth-order valence-electron chi connectivity index (χ4n) is 2.14. The molecule has 0 radical (unpaired) electrons. The predicted molar refractivity (Wildman–Crippen MR) is 89.4 cm³/mol. The van der Waals surface area contributed by atoms with Gasteiger partial charge in [-0.15, -0.1) is 0 Å². The zero-order valence-corrected chi connectivity index (χ0v) is 14.2. The summed E-state index contributed by atoms with van der Waals surface area (Å²) in [4.78, 5) is 16.5. The van der Waals surface area contributed by atoms with E-state index >= 15 is 0 Å². The summed E-state index contributed by atoms with van der Waals surface area (Å²) >= 11 is 9.63. The molecule has 1 aromatic carbocycles. The van der Waals surface area contributed by atoms with Crippen molar-refractivity contribution in [2.24, 2.45) is 0 Å². The molecule has 0 saturated heterocycles. The maximum absolute atomic E-state index is 10.9. The lowest BCUT2D eigenvalue weighted by Gasteiger charge is -2.21. The quantitative estimate of drug-likeness (QED) is 0.396. The van der Waals surface area contributed by atoms with Gasteiger partial charge in [-0.2, -0.15) is 0 Å². The van der Waals surface area contributed by atoms with Crippen molar-refractivity contribution in [3.05, 3.63) is 57.5 Å². The molecule has 22 heavy (non-hydrogen) atoms. The first-order chi connectivity index (χ1) is 10.6. The number of aromatic nitrogens is 2. The Morgan fingerprint density at radius 2 is 2.14 bits per heavy atom. The summed E-state index contributed by atoms with van der Waals surface area (Å²) in [5.74, 6) is 0.0107. The summed E-state index contributed by atoms with van der Waals surface area (Å²) in [5, 5.41) is 12.5. The summed E-state index contributed by atoms with van der Waals surface area (Å²) < 4.78 is 1.55. The molecule has 118 valence electrons. The van der Waals surface area contributed by atoms with E-state index in [2.05, 4.69) is 25.8 Å². The number of halogens is 2. The third-order valence-corrected chi connectivity index (χ3v) is 4.01. The number of benzene rings is 1. The van der Waals surface area contributed by atoms with Gasteiger partial charge < -0.3 is 10.1 Å². The molecule has 0 aliphatic heterocycles. The van der Waals surface area contributed by atoms with Crippen LogP contribution in [0.25, 0.3) is 0 Å². The summed E-state index contributed by atoms with van der Waals surface area (Å²) in [6, 6.07) is 7.71. The second-order valence-electron chi connectivity index (χ2n) is 4.76. The second kappa shape index (κ2) is 8.26. The normalized spacial score (nSPS) is 11.0. The number of imidazole rings is 1. The maximum Gasteiger partial charge on any atom is 0.342 e. The molecular formula is C14H16BrClN4O2. The molecule has 0 aliphatic rings. The fraction of sp³-hybridized carbons (Fsp3) is 0.357. The SMILES string of the molecule is O=[N+]([O-])c1cncn1CCN(CCBr)Cc1ccccc1Cl. The molecule has 0 spiro atoms. The van der Waals surface area contributed by atoms with Crippen LogP contribution in [0.15, 0.2) is 36.8 Å². The van der Waals surface area contributed by atoms with Crippen molar-refractivity contribution in [1.82, 2.24) is 14.5 Å². The first-order valence-electron chi connectivity index (χ1n) is 6.78. The van der Waals surface area contributed by atoms with Crippen molar-refractivity contribution in [2.45, 2.75) is 13.1 Å². The average Bonchev–Trinajstić information content (AvgIpc) is 2.96. The number of hydrogen-bond donors (Lipinski definition) is 0. The highest BCUT2D eigenvalue weighted by atomic mass is 79.9. The Morgan fingerprint density at radius 1 is 1.36 bits per heavy atom. The molecule has 6 nitrogen and oxygen atoms in total. The van der Waals surface area contributed by atoms with Gasteiger partial charge in [-0.1, -0.05) is 45.7 Å². The molecule has 0 saturated carbocycles. The summed E-state index contributed by atoms with van der Waals surface area (Å²) in [6.45, 7) is 2.71. The molecule has 0 amide bonds. The summed E-state index contributed by atoms with van der Waals surface area (Å²) in [5.41, 5.74) is 1.05. The molecule has 0 N–H and O–H groups in total. The van der Waals surface area contributed by atoms with E-state index in [9.17, 15) is 10.1 Å². The third kappa shape index (κ3) is 4.53.